The molecule has 0 atom stereocenters. The molecule has 1 saturated carbocycles. The van der Waals surface area contributed by atoms with Crippen molar-refractivity contribution in [1.82, 2.24) is 15.1 Å². The molecular weight excluding hydrogens is 242 g/mol. The number of aliphatic hydroxyl groups is 1. The number of aromatic nitrogens is 2. The second-order valence-corrected chi connectivity index (χ2v) is 4.78. The second-order valence-electron chi connectivity index (χ2n) is 4.78. The standard InChI is InChI=1S/C14H15N3O2/c18-12-8-10(9-12)15-14(19)13-6-7-17(16-13)11-4-2-1-3-5-11/h1-7,10,12,18H,8-9H2,(H,15,19). The smallest absolute Gasteiger partial charge is 0.272 e. The lowest BCUT2D eigenvalue weighted by Gasteiger charge is -2.31. The van der Waals surface area contributed by atoms with Crippen LogP contribution < -0.4 is 5.32 Å². The summed E-state index contributed by atoms with van der Waals surface area (Å²) in [6.45, 7) is 0. The minimum atomic E-state index is -0.271. The molecule has 98 valence electrons. The summed E-state index contributed by atoms with van der Waals surface area (Å²) in [6.07, 6.45) is 2.75. The number of amides is 1. The van der Waals surface area contributed by atoms with Crippen molar-refractivity contribution in [2.24, 2.45) is 0 Å². The molecule has 1 aromatic carbocycles. The summed E-state index contributed by atoms with van der Waals surface area (Å²) in [5.41, 5.74) is 1.31. The van der Waals surface area contributed by atoms with Crippen LogP contribution in [0.4, 0.5) is 0 Å². The van der Waals surface area contributed by atoms with Gasteiger partial charge in [-0.1, -0.05) is 18.2 Å². The van der Waals surface area contributed by atoms with Crippen molar-refractivity contribution in [1.29, 1.82) is 0 Å². The molecule has 2 N–H and O–H groups in total. The Morgan fingerprint density at radius 3 is 2.68 bits per heavy atom. The molecule has 1 aliphatic rings. The average Bonchev–Trinajstić information content (AvgIpc) is 2.87. The zero-order valence-electron chi connectivity index (χ0n) is 10.4. The lowest BCUT2D eigenvalue weighted by atomic mass is 9.89. The third-order valence-electron chi connectivity index (χ3n) is 3.29. The van der Waals surface area contributed by atoms with E-state index in [1.807, 2.05) is 30.3 Å². The first-order valence-electron chi connectivity index (χ1n) is 6.32. The lowest BCUT2D eigenvalue weighted by Crippen LogP contribution is -2.46. The summed E-state index contributed by atoms with van der Waals surface area (Å²) in [5, 5.41) is 16.3. The SMILES string of the molecule is O=C(NC1CC(O)C1)c1ccn(-c2ccccc2)n1. The zero-order chi connectivity index (χ0) is 13.2. The highest BCUT2D eigenvalue weighted by Crippen LogP contribution is 2.19. The highest BCUT2D eigenvalue weighted by Gasteiger charge is 2.29. The maximum atomic E-state index is 11.9. The lowest BCUT2D eigenvalue weighted by molar-refractivity contribution is 0.0560. The highest BCUT2D eigenvalue weighted by molar-refractivity contribution is 5.92. The van der Waals surface area contributed by atoms with Gasteiger partial charge >= 0.3 is 0 Å². The van der Waals surface area contributed by atoms with Gasteiger partial charge in [-0.15, -0.1) is 0 Å². The van der Waals surface area contributed by atoms with Crippen LogP contribution in [0.5, 0.6) is 0 Å². The molecule has 1 fully saturated rings. The van der Waals surface area contributed by atoms with Gasteiger partial charge in [0.15, 0.2) is 5.69 Å². The van der Waals surface area contributed by atoms with Gasteiger partial charge in [0.1, 0.15) is 0 Å². The van der Waals surface area contributed by atoms with Crippen molar-refractivity contribution in [3.05, 3.63) is 48.3 Å². The van der Waals surface area contributed by atoms with Gasteiger partial charge in [0.2, 0.25) is 0 Å². The summed E-state index contributed by atoms with van der Waals surface area (Å²) < 4.78 is 1.67. The Balaban J connectivity index is 1.69. The van der Waals surface area contributed by atoms with Crippen molar-refractivity contribution in [2.75, 3.05) is 0 Å². The fraction of sp³-hybridized carbons (Fsp3) is 0.286. The van der Waals surface area contributed by atoms with Gasteiger partial charge in [-0.05, 0) is 31.0 Å². The first kappa shape index (κ1) is 11.9. The molecule has 2 aromatic rings. The minimum Gasteiger partial charge on any atom is -0.393 e. The number of aliphatic hydroxyl groups excluding tert-OH is 1. The van der Waals surface area contributed by atoms with Crippen molar-refractivity contribution < 1.29 is 9.90 Å². The number of benzene rings is 1. The zero-order valence-corrected chi connectivity index (χ0v) is 10.4. The number of hydrogen-bond acceptors (Lipinski definition) is 3. The number of hydrogen-bond donors (Lipinski definition) is 2. The molecule has 1 aromatic heterocycles. The molecule has 0 bridgehead atoms. The van der Waals surface area contributed by atoms with E-state index in [4.69, 9.17) is 0 Å². The Morgan fingerprint density at radius 1 is 1.26 bits per heavy atom. The molecule has 3 rings (SSSR count). The van der Waals surface area contributed by atoms with Crippen molar-refractivity contribution in [2.45, 2.75) is 25.0 Å². The van der Waals surface area contributed by atoms with E-state index in [1.54, 1.807) is 16.9 Å². The first-order valence-corrected chi connectivity index (χ1v) is 6.32. The van der Waals surface area contributed by atoms with E-state index in [-0.39, 0.29) is 18.1 Å². The Kier molecular flexibility index (Phi) is 3.05. The predicted octanol–water partition coefficient (Wildman–Crippen LogP) is 1.13. The molecule has 5 heteroatoms. The van der Waals surface area contributed by atoms with Crippen LogP contribution >= 0.6 is 0 Å². The van der Waals surface area contributed by atoms with Gasteiger partial charge in [-0.3, -0.25) is 4.79 Å². The summed E-state index contributed by atoms with van der Waals surface area (Å²) in [4.78, 5) is 11.9. The van der Waals surface area contributed by atoms with Crippen LogP contribution in [0.2, 0.25) is 0 Å². The molecule has 19 heavy (non-hydrogen) atoms. The molecule has 0 saturated heterocycles. The number of carbonyl (C=O) groups is 1. The molecule has 1 amide bonds. The molecule has 0 unspecified atom stereocenters. The summed E-state index contributed by atoms with van der Waals surface area (Å²) in [7, 11) is 0. The summed E-state index contributed by atoms with van der Waals surface area (Å²) in [5.74, 6) is -0.188. The number of nitrogens with zero attached hydrogens (tertiary/aromatic N) is 2. The highest BCUT2D eigenvalue weighted by atomic mass is 16.3. The van der Waals surface area contributed by atoms with Gasteiger partial charge in [0, 0.05) is 12.2 Å². The van der Waals surface area contributed by atoms with Crippen LogP contribution in [-0.2, 0) is 0 Å². The molecular formula is C14H15N3O2. The van der Waals surface area contributed by atoms with Gasteiger partial charge < -0.3 is 10.4 Å². The number of rotatable bonds is 3. The second kappa shape index (κ2) is 4.85. The average molecular weight is 257 g/mol. The van der Waals surface area contributed by atoms with E-state index in [2.05, 4.69) is 10.4 Å². The van der Waals surface area contributed by atoms with E-state index in [0.717, 1.165) is 5.69 Å². The summed E-state index contributed by atoms with van der Waals surface area (Å²) >= 11 is 0. The number of para-hydroxylation sites is 1. The van der Waals surface area contributed by atoms with Gasteiger partial charge in [-0.25, -0.2) is 4.68 Å². The molecule has 1 aliphatic carbocycles. The fourth-order valence-corrected chi connectivity index (χ4v) is 2.13. The van der Waals surface area contributed by atoms with Crippen molar-refractivity contribution >= 4 is 5.91 Å². The molecule has 5 nitrogen and oxygen atoms in total. The van der Waals surface area contributed by atoms with Crippen molar-refractivity contribution in [3.63, 3.8) is 0 Å². The van der Waals surface area contributed by atoms with E-state index in [9.17, 15) is 9.90 Å². The molecule has 1 heterocycles. The Labute approximate surface area is 110 Å². The van der Waals surface area contributed by atoms with Gasteiger partial charge in [0.25, 0.3) is 5.91 Å². The number of carbonyl (C=O) groups excluding carboxylic acids is 1. The number of nitrogens with one attached hydrogen (secondary N) is 1. The van der Waals surface area contributed by atoms with Gasteiger partial charge in [-0.2, -0.15) is 5.10 Å². The van der Waals surface area contributed by atoms with Crippen molar-refractivity contribution in [3.8, 4) is 5.69 Å². The maximum Gasteiger partial charge on any atom is 0.272 e. The van der Waals surface area contributed by atoms with E-state index in [0.29, 0.717) is 18.5 Å². The molecule has 0 spiro atoms. The minimum absolute atomic E-state index is 0.0735. The molecule has 0 radical (unpaired) electrons. The largest absolute Gasteiger partial charge is 0.393 e. The Morgan fingerprint density at radius 2 is 2.00 bits per heavy atom. The molecule has 0 aliphatic heterocycles. The van der Waals surface area contributed by atoms with E-state index in [1.165, 1.54) is 0 Å². The third kappa shape index (κ3) is 2.51. The summed E-state index contributed by atoms with van der Waals surface area (Å²) in [6, 6.07) is 11.4. The van der Waals surface area contributed by atoms with E-state index < -0.39 is 0 Å². The topological polar surface area (TPSA) is 67.2 Å². The van der Waals surface area contributed by atoms with Crippen LogP contribution in [0.25, 0.3) is 5.69 Å². The monoisotopic (exact) mass is 257 g/mol. The Hall–Kier alpha value is -2.14. The fourth-order valence-electron chi connectivity index (χ4n) is 2.13. The van der Waals surface area contributed by atoms with Crippen LogP contribution in [0.3, 0.4) is 0 Å². The third-order valence-corrected chi connectivity index (χ3v) is 3.29. The Bertz CT molecular complexity index is 573. The van der Waals surface area contributed by atoms with Crippen LogP contribution in [0.1, 0.15) is 23.3 Å². The van der Waals surface area contributed by atoms with E-state index >= 15 is 0 Å². The van der Waals surface area contributed by atoms with Crippen LogP contribution in [-0.4, -0.2) is 32.9 Å². The van der Waals surface area contributed by atoms with Gasteiger partial charge in [0.05, 0.1) is 11.8 Å². The quantitative estimate of drug-likeness (QED) is 0.866. The van der Waals surface area contributed by atoms with Crippen LogP contribution in [0, 0.1) is 0 Å². The first-order chi connectivity index (χ1) is 9.22. The maximum absolute atomic E-state index is 11.9. The predicted molar refractivity (Wildman–Crippen MR) is 70.1 cm³/mol. The normalized spacial score (nSPS) is 21.7. The van der Waals surface area contributed by atoms with Crippen LogP contribution in [0.15, 0.2) is 42.6 Å².